The molecule has 0 aliphatic rings. The first-order valence-corrected chi connectivity index (χ1v) is 4.62. The van der Waals surface area contributed by atoms with E-state index in [4.69, 9.17) is 17.3 Å². The second kappa shape index (κ2) is 4.53. The minimum absolute atomic E-state index is 0.0479. The molecule has 14 heavy (non-hydrogen) atoms. The van der Waals surface area contributed by atoms with Crippen LogP contribution in [0.1, 0.15) is 23.7 Å². The Bertz CT molecular complexity index is 352. The number of benzene rings is 1. The number of ketones is 1. The Morgan fingerprint density at radius 3 is 2.79 bits per heavy atom. The monoisotopic (exact) mass is 215 g/mol. The van der Waals surface area contributed by atoms with E-state index in [1.165, 1.54) is 12.1 Å². The fourth-order valence-electron chi connectivity index (χ4n) is 1.12. The van der Waals surface area contributed by atoms with Crippen LogP contribution in [0.5, 0.6) is 0 Å². The minimum atomic E-state index is -0.594. The zero-order chi connectivity index (χ0) is 10.7. The molecule has 76 valence electrons. The SMILES string of the molecule is CC(N)CC(=O)c1ccc(Cl)cc1F. The average molecular weight is 216 g/mol. The lowest BCUT2D eigenvalue weighted by Gasteiger charge is -2.05. The van der Waals surface area contributed by atoms with Crippen LogP contribution < -0.4 is 5.73 Å². The van der Waals surface area contributed by atoms with Crippen molar-refractivity contribution >= 4 is 17.4 Å². The summed E-state index contributed by atoms with van der Waals surface area (Å²) < 4.78 is 13.2. The van der Waals surface area contributed by atoms with Crippen LogP contribution in [0.2, 0.25) is 5.02 Å². The van der Waals surface area contributed by atoms with Gasteiger partial charge < -0.3 is 5.73 Å². The fourth-order valence-corrected chi connectivity index (χ4v) is 1.28. The quantitative estimate of drug-likeness (QED) is 0.787. The molecule has 1 atom stereocenters. The third kappa shape index (κ3) is 2.79. The third-order valence-corrected chi connectivity index (χ3v) is 1.97. The topological polar surface area (TPSA) is 43.1 Å². The highest BCUT2D eigenvalue weighted by atomic mass is 35.5. The molecule has 1 aromatic rings. The Morgan fingerprint density at radius 1 is 1.64 bits per heavy atom. The normalized spacial score (nSPS) is 12.6. The first-order chi connectivity index (χ1) is 6.50. The molecule has 0 spiro atoms. The highest BCUT2D eigenvalue weighted by Gasteiger charge is 2.13. The highest BCUT2D eigenvalue weighted by Crippen LogP contribution is 2.16. The van der Waals surface area contributed by atoms with Crippen LogP contribution in [-0.2, 0) is 0 Å². The summed E-state index contributed by atoms with van der Waals surface area (Å²) in [6.45, 7) is 1.70. The van der Waals surface area contributed by atoms with Crippen molar-refractivity contribution in [2.24, 2.45) is 5.73 Å². The maximum atomic E-state index is 13.2. The predicted octanol–water partition coefficient (Wildman–Crippen LogP) is 2.40. The van der Waals surface area contributed by atoms with E-state index in [0.29, 0.717) is 0 Å². The second-order valence-corrected chi connectivity index (χ2v) is 3.67. The summed E-state index contributed by atoms with van der Waals surface area (Å²) in [5, 5.41) is 0.278. The van der Waals surface area contributed by atoms with Crippen molar-refractivity contribution in [2.45, 2.75) is 19.4 Å². The lowest BCUT2D eigenvalue weighted by Crippen LogP contribution is -2.20. The summed E-state index contributed by atoms with van der Waals surface area (Å²) in [6, 6.07) is 3.72. The molecule has 0 saturated heterocycles. The van der Waals surface area contributed by atoms with Crippen molar-refractivity contribution in [3.05, 3.63) is 34.6 Å². The molecule has 0 radical (unpaired) electrons. The van der Waals surface area contributed by atoms with E-state index in [2.05, 4.69) is 0 Å². The van der Waals surface area contributed by atoms with Gasteiger partial charge in [0, 0.05) is 17.5 Å². The van der Waals surface area contributed by atoms with E-state index in [1.54, 1.807) is 6.92 Å². The molecule has 0 bridgehead atoms. The summed E-state index contributed by atoms with van der Waals surface area (Å²) in [5.41, 5.74) is 5.49. The molecule has 1 aromatic carbocycles. The van der Waals surface area contributed by atoms with Gasteiger partial charge in [-0.25, -0.2) is 4.39 Å². The average Bonchev–Trinajstić information content (AvgIpc) is 2.01. The molecule has 0 aliphatic carbocycles. The van der Waals surface area contributed by atoms with Crippen LogP contribution in [0.15, 0.2) is 18.2 Å². The van der Waals surface area contributed by atoms with Crippen molar-refractivity contribution < 1.29 is 9.18 Å². The van der Waals surface area contributed by atoms with Gasteiger partial charge in [0.2, 0.25) is 0 Å². The molecule has 0 saturated carbocycles. The van der Waals surface area contributed by atoms with Crippen LogP contribution in [-0.4, -0.2) is 11.8 Å². The van der Waals surface area contributed by atoms with E-state index in [9.17, 15) is 9.18 Å². The van der Waals surface area contributed by atoms with Gasteiger partial charge in [0.1, 0.15) is 5.82 Å². The molecule has 0 aliphatic heterocycles. The zero-order valence-corrected chi connectivity index (χ0v) is 8.51. The lowest BCUT2D eigenvalue weighted by atomic mass is 10.0. The van der Waals surface area contributed by atoms with Gasteiger partial charge in [-0.15, -0.1) is 0 Å². The number of hydrogen-bond acceptors (Lipinski definition) is 2. The summed E-state index contributed by atoms with van der Waals surface area (Å²) in [7, 11) is 0. The number of halogens is 2. The number of nitrogens with two attached hydrogens (primary N) is 1. The van der Waals surface area contributed by atoms with Crippen molar-refractivity contribution in [3.8, 4) is 0 Å². The van der Waals surface area contributed by atoms with Gasteiger partial charge in [0.05, 0.1) is 5.56 Å². The van der Waals surface area contributed by atoms with E-state index in [1.807, 2.05) is 0 Å². The smallest absolute Gasteiger partial charge is 0.167 e. The molecule has 1 rings (SSSR count). The van der Waals surface area contributed by atoms with Crippen LogP contribution in [0.25, 0.3) is 0 Å². The van der Waals surface area contributed by atoms with Crippen LogP contribution in [0.4, 0.5) is 4.39 Å². The number of carbonyl (C=O) groups excluding carboxylic acids is 1. The van der Waals surface area contributed by atoms with Gasteiger partial charge in [-0.2, -0.15) is 0 Å². The Hall–Kier alpha value is -0.930. The molecule has 0 aromatic heterocycles. The molecule has 0 fully saturated rings. The maximum Gasteiger partial charge on any atom is 0.167 e. The Kier molecular flexibility index (Phi) is 3.61. The second-order valence-electron chi connectivity index (χ2n) is 3.23. The van der Waals surface area contributed by atoms with E-state index in [-0.39, 0.29) is 28.8 Å². The number of carbonyl (C=O) groups is 1. The molecule has 0 heterocycles. The van der Waals surface area contributed by atoms with Crippen LogP contribution in [0.3, 0.4) is 0 Å². The first-order valence-electron chi connectivity index (χ1n) is 4.24. The molecule has 0 amide bonds. The van der Waals surface area contributed by atoms with Gasteiger partial charge in [0.15, 0.2) is 5.78 Å². The first kappa shape index (κ1) is 11.1. The van der Waals surface area contributed by atoms with Gasteiger partial charge in [-0.1, -0.05) is 11.6 Å². The summed E-state index contributed by atoms with van der Waals surface area (Å²) >= 11 is 5.55. The Labute approximate surface area is 86.9 Å². The number of Topliss-reactive ketones (excluding diaryl/α,β-unsaturated/α-hetero) is 1. The van der Waals surface area contributed by atoms with E-state index in [0.717, 1.165) is 6.07 Å². The molecular weight excluding hydrogens is 205 g/mol. The standard InChI is InChI=1S/C10H11ClFNO/c1-6(13)4-10(14)8-3-2-7(11)5-9(8)12/h2-3,5-6H,4,13H2,1H3. The molecule has 1 unspecified atom stereocenters. The summed E-state index contributed by atoms with van der Waals surface area (Å²) in [6.07, 6.45) is 0.137. The van der Waals surface area contributed by atoms with Crippen molar-refractivity contribution in [1.82, 2.24) is 0 Å². The maximum absolute atomic E-state index is 13.2. The largest absolute Gasteiger partial charge is 0.328 e. The van der Waals surface area contributed by atoms with Crippen molar-refractivity contribution in [2.75, 3.05) is 0 Å². The van der Waals surface area contributed by atoms with Gasteiger partial charge in [-0.3, -0.25) is 4.79 Å². The van der Waals surface area contributed by atoms with E-state index >= 15 is 0 Å². The molecular formula is C10H11ClFNO. The Morgan fingerprint density at radius 2 is 2.29 bits per heavy atom. The number of rotatable bonds is 3. The van der Waals surface area contributed by atoms with Crippen LogP contribution >= 0.6 is 11.6 Å². The highest BCUT2D eigenvalue weighted by molar-refractivity contribution is 6.30. The molecule has 4 heteroatoms. The van der Waals surface area contributed by atoms with Crippen molar-refractivity contribution in [3.63, 3.8) is 0 Å². The van der Waals surface area contributed by atoms with E-state index < -0.39 is 5.82 Å². The third-order valence-electron chi connectivity index (χ3n) is 1.74. The molecule has 2 N–H and O–H groups in total. The molecule has 2 nitrogen and oxygen atoms in total. The fraction of sp³-hybridized carbons (Fsp3) is 0.300. The Balaban J connectivity index is 2.90. The van der Waals surface area contributed by atoms with Gasteiger partial charge in [-0.05, 0) is 25.1 Å². The zero-order valence-electron chi connectivity index (χ0n) is 7.76. The van der Waals surface area contributed by atoms with Gasteiger partial charge in [0.25, 0.3) is 0 Å². The van der Waals surface area contributed by atoms with Crippen LogP contribution in [0, 0.1) is 5.82 Å². The number of hydrogen-bond donors (Lipinski definition) is 1. The van der Waals surface area contributed by atoms with Crippen molar-refractivity contribution in [1.29, 1.82) is 0 Å². The lowest BCUT2D eigenvalue weighted by molar-refractivity contribution is 0.0972. The van der Waals surface area contributed by atoms with Gasteiger partial charge >= 0.3 is 0 Å². The summed E-state index contributed by atoms with van der Waals surface area (Å²) in [5.74, 6) is -0.891. The summed E-state index contributed by atoms with van der Waals surface area (Å²) in [4.78, 5) is 11.4. The predicted molar refractivity (Wildman–Crippen MR) is 54.0 cm³/mol. The minimum Gasteiger partial charge on any atom is -0.328 e.